The van der Waals surface area contributed by atoms with E-state index in [2.05, 4.69) is 11.2 Å². The summed E-state index contributed by atoms with van der Waals surface area (Å²) >= 11 is 0. The Balaban J connectivity index is 4.27. The van der Waals surface area contributed by atoms with Gasteiger partial charge < -0.3 is 10.4 Å². The molecule has 0 spiro atoms. The number of aliphatic carboxylic acids is 1. The number of hydrogen-bond donors (Lipinski definition) is 2. The molecule has 2 N–H and O–H groups in total. The SMILES string of the molecule is C#CCC(CC)NC(C(=O)O)C(C)C. The molecule has 0 aliphatic carbocycles. The van der Waals surface area contributed by atoms with E-state index in [1.807, 2.05) is 20.8 Å². The van der Waals surface area contributed by atoms with Crippen LogP contribution >= 0.6 is 0 Å². The summed E-state index contributed by atoms with van der Waals surface area (Å²) in [7, 11) is 0. The van der Waals surface area contributed by atoms with E-state index in [0.29, 0.717) is 6.42 Å². The third kappa shape index (κ3) is 4.29. The minimum absolute atomic E-state index is 0.0688. The summed E-state index contributed by atoms with van der Waals surface area (Å²) in [6, 6.07) is -0.406. The van der Waals surface area contributed by atoms with E-state index in [1.54, 1.807) is 0 Å². The molecule has 0 saturated carbocycles. The molecule has 0 bridgehead atoms. The highest BCUT2D eigenvalue weighted by Gasteiger charge is 2.23. The molecule has 0 aliphatic heterocycles. The van der Waals surface area contributed by atoms with Crippen molar-refractivity contribution in [3.05, 3.63) is 0 Å². The second-order valence-corrected chi connectivity index (χ2v) is 3.74. The van der Waals surface area contributed by atoms with E-state index < -0.39 is 12.0 Å². The highest BCUT2D eigenvalue weighted by atomic mass is 16.4. The second kappa shape index (κ2) is 6.44. The molecular formula is C11H19NO2. The molecule has 14 heavy (non-hydrogen) atoms. The lowest BCUT2D eigenvalue weighted by Gasteiger charge is -2.23. The third-order valence-corrected chi connectivity index (χ3v) is 2.21. The van der Waals surface area contributed by atoms with Gasteiger partial charge in [0.25, 0.3) is 0 Å². The molecule has 3 heteroatoms. The molecule has 2 atom stereocenters. The Bertz CT molecular complexity index is 218. The maximum atomic E-state index is 10.9. The van der Waals surface area contributed by atoms with Crippen LogP contribution < -0.4 is 5.32 Å². The maximum Gasteiger partial charge on any atom is 0.320 e. The molecule has 0 heterocycles. The van der Waals surface area contributed by atoms with Crippen molar-refractivity contribution in [3.8, 4) is 12.3 Å². The van der Waals surface area contributed by atoms with Crippen LogP contribution in [0.2, 0.25) is 0 Å². The molecule has 0 rings (SSSR count). The van der Waals surface area contributed by atoms with Crippen molar-refractivity contribution >= 4 is 5.97 Å². The Morgan fingerprint density at radius 3 is 2.43 bits per heavy atom. The monoisotopic (exact) mass is 197 g/mol. The summed E-state index contributed by atoms with van der Waals surface area (Å²) in [5.41, 5.74) is 0. The molecule has 0 aliphatic rings. The van der Waals surface area contributed by atoms with Crippen molar-refractivity contribution in [2.75, 3.05) is 0 Å². The number of rotatable bonds is 6. The standard InChI is InChI=1S/C11H19NO2/c1-5-7-9(6-2)12-10(8(3)4)11(13)14/h1,8-10,12H,6-7H2,2-4H3,(H,13,14). The van der Waals surface area contributed by atoms with Crippen molar-refractivity contribution in [1.82, 2.24) is 5.32 Å². The van der Waals surface area contributed by atoms with Gasteiger partial charge >= 0.3 is 5.97 Å². The Labute approximate surface area is 85.9 Å². The zero-order valence-electron chi connectivity index (χ0n) is 9.08. The molecule has 0 fully saturated rings. The van der Waals surface area contributed by atoms with Gasteiger partial charge in [-0.05, 0) is 12.3 Å². The average Bonchev–Trinajstić information content (AvgIpc) is 2.10. The molecular weight excluding hydrogens is 178 g/mol. The average molecular weight is 197 g/mol. The molecule has 3 nitrogen and oxygen atoms in total. The smallest absolute Gasteiger partial charge is 0.320 e. The fourth-order valence-corrected chi connectivity index (χ4v) is 1.27. The van der Waals surface area contributed by atoms with Gasteiger partial charge in [-0.2, -0.15) is 0 Å². The third-order valence-electron chi connectivity index (χ3n) is 2.21. The lowest BCUT2D eigenvalue weighted by molar-refractivity contribution is -0.140. The molecule has 0 radical (unpaired) electrons. The van der Waals surface area contributed by atoms with Crippen LogP contribution in [0.15, 0.2) is 0 Å². The summed E-state index contributed by atoms with van der Waals surface area (Å²) < 4.78 is 0. The Hall–Kier alpha value is -1.01. The van der Waals surface area contributed by atoms with Crippen LogP contribution in [-0.2, 0) is 4.79 Å². The van der Waals surface area contributed by atoms with Gasteiger partial charge in [-0.3, -0.25) is 4.79 Å². The number of hydrogen-bond acceptors (Lipinski definition) is 2. The second-order valence-electron chi connectivity index (χ2n) is 3.74. The Kier molecular flexibility index (Phi) is 5.98. The van der Waals surface area contributed by atoms with E-state index in [1.165, 1.54) is 0 Å². The fraction of sp³-hybridized carbons (Fsp3) is 0.727. The molecule has 0 aromatic rings. The van der Waals surface area contributed by atoms with Gasteiger partial charge in [0.05, 0.1) is 0 Å². The summed E-state index contributed by atoms with van der Waals surface area (Å²) in [5, 5.41) is 12.0. The number of terminal acetylenes is 1. The van der Waals surface area contributed by atoms with Crippen LogP contribution in [-0.4, -0.2) is 23.2 Å². The van der Waals surface area contributed by atoms with E-state index >= 15 is 0 Å². The van der Waals surface area contributed by atoms with Gasteiger partial charge in [0.15, 0.2) is 0 Å². The predicted octanol–water partition coefficient (Wildman–Crippen LogP) is 1.49. The molecule has 0 amide bonds. The van der Waals surface area contributed by atoms with Crippen molar-refractivity contribution in [2.24, 2.45) is 5.92 Å². The lowest BCUT2D eigenvalue weighted by atomic mass is 10.0. The van der Waals surface area contributed by atoms with Crippen molar-refractivity contribution in [3.63, 3.8) is 0 Å². The minimum Gasteiger partial charge on any atom is -0.480 e. The molecule has 0 aromatic carbocycles. The first-order valence-corrected chi connectivity index (χ1v) is 4.95. The Morgan fingerprint density at radius 1 is 1.57 bits per heavy atom. The fourth-order valence-electron chi connectivity index (χ4n) is 1.27. The van der Waals surface area contributed by atoms with Gasteiger partial charge in [0.2, 0.25) is 0 Å². The topological polar surface area (TPSA) is 49.3 Å². The van der Waals surface area contributed by atoms with Crippen LogP contribution in [0.25, 0.3) is 0 Å². The summed E-state index contributed by atoms with van der Waals surface area (Å²) in [5.74, 6) is 1.81. The number of carboxylic acids is 1. The van der Waals surface area contributed by atoms with E-state index in [4.69, 9.17) is 11.5 Å². The number of carboxylic acid groups (broad SMARTS) is 1. The highest BCUT2D eigenvalue weighted by molar-refractivity contribution is 5.73. The molecule has 80 valence electrons. The largest absolute Gasteiger partial charge is 0.480 e. The first-order valence-electron chi connectivity index (χ1n) is 4.95. The van der Waals surface area contributed by atoms with Gasteiger partial charge in [0, 0.05) is 12.5 Å². The van der Waals surface area contributed by atoms with Crippen LogP contribution in [0.1, 0.15) is 33.6 Å². The van der Waals surface area contributed by atoms with Crippen LogP contribution in [0, 0.1) is 18.3 Å². The zero-order valence-corrected chi connectivity index (χ0v) is 9.08. The maximum absolute atomic E-state index is 10.9. The summed E-state index contributed by atoms with van der Waals surface area (Å²) in [6.07, 6.45) is 6.62. The minimum atomic E-state index is -0.810. The van der Waals surface area contributed by atoms with Crippen LogP contribution in [0.4, 0.5) is 0 Å². The van der Waals surface area contributed by atoms with E-state index in [9.17, 15) is 4.79 Å². The van der Waals surface area contributed by atoms with Crippen LogP contribution in [0.3, 0.4) is 0 Å². The normalized spacial score (nSPS) is 14.8. The van der Waals surface area contributed by atoms with Crippen LogP contribution in [0.5, 0.6) is 0 Å². The molecule has 2 unspecified atom stereocenters. The zero-order chi connectivity index (χ0) is 11.1. The predicted molar refractivity (Wildman–Crippen MR) is 56.9 cm³/mol. The number of carbonyl (C=O) groups is 1. The summed E-state index contributed by atoms with van der Waals surface area (Å²) in [4.78, 5) is 10.9. The van der Waals surface area contributed by atoms with Gasteiger partial charge in [-0.15, -0.1) is 12.3 Å². The quantitative estimate of drug-likeness (QED) is 0.634. The Morgan fingerprint density at radius 2 is 2.14 bits per heavy atom. The van der Waals surface area contributed by atoms with Gasteiger partial charge in [-0.25, -0.2) is 0 Å². The number of nitrogens with one attached hydrogen (secondary N) is 1. The van der Waals surface area contributed by atoms with E-state index in [0.717, 1.165) is 6.42 Å². The lowest BCUT2D eigenvalue weighted by Crippen LogP contribution is -2.46. The van der Waals surface area contributed by atoms with Crippen molar-refractivity contribution < 1.29 is 9.90 Å². The first kappa shape index (κ1) is 13.0. The van der Waals surface area contributed by atoms with Crippen molar-refractivity contribution in [1.29, 1.82) is 0 Å². The molecule has 0 saturated heterocycles. The molecule has 0 aromatic heterocycles. The van der Waals surface area contributed by atoms with Crippen molar-refractivity contribution in [2.45, 2.75) is 45.7 Å². The summed E-state index contributed by atoms with van der Waals surface area (Å²) in [6.45, 7) is 5.76. The van der Waals surface area contributed by atoms with Gasteiger partial charge in [0.1, 0.15) is 6.04 Å². The highest BCUT2D eigenvalue weighted by Crippen LogP contribution is 2.06. The van der Waals surface area contributed by atoms with E-state index in [-0.39, 0.29) is 12.0 Å². The van der Waals surface area contributed by atoms with Gasteiger partial charge in [-0.1, -0.05) is 20.8 Å². The first-order chi connectivity index (χ1) is 6.52.